The number of benzene rings is 3. The molecule has 6 heterocycles. The fourth-order valence-electron chi connectivity index (χ4n) is 18.4. The van der Waals surface area contributed by atoms with Crippen LogP contribution in [0.2, 0.25) is 0 Å². The average molecular weight is 1250 g/mol. The number of fused-ring (bicyclic) bond motifs is 12. The molecule has 3 aromatic rings. The fourth-order valence-corrected chi connectivity index (χ4v) is 18.4. The van der Waals surface area contributed by atoms with Crippen molar-refractivity contribution in [1.29, 1.82) is 0 Å². The largest absolute Gasteiger partial charge is 0.507 e. The lowest BCUT2D eigenvalue weighted by Crippen LogP contribution is -2.63. The minimum atomic E-state index is -0.508. The van der Waals surface area contributed by atoms with Gasteiger partial charge < -0.3 is 45.2 Å². The van der Waals surface area contributed by atoms with Crippen molar-refractivity contribution in [3.63, 3.8) is 0 Å². The average Bonchev–Trinajstić information content (AvgIpc) is 0.738. The summed E-state index contributed by atoms with van der Waals surface area (Å²) in [7, 11) is 0. The number of phenols is 3. The number of rotatable bonds is 21. The van der Waals surface area contributed by atoms with Crippen LogP contribution in [-0.4, -0.2) is 132 Å². The minimum Gasteiger partial charge on any atom is -0.507 e. The number of hydroxylamine groups is 6. The summed E-state index contributed by atoms with van der Waals surface area (Å²) in [6.07, 6.45) is 22.6. The molecule has 1 aliphatic carbocycles. The molecule has 3 unspecified atom stereocenters. The second kappa shape index (κ2) is 27.1. The van der Waals surface area contributed by atoms with Gasteiger partial charge in [0.2, 0.25) is 0 Å². The van der Waals surface area contributed by atoms with Crippen molar-refractivity contribution in [1.82, 2.24) is 29.9 Å². The third-order valence-corrected chi connectivity index (χ3v) is 22.9. The second-order valence-electron chi connectivity index (χ2n) is 33.0. The summed E-state index contributed by atoms with van der Waals surface area (Å²) < 4.78 is 21.9. The molecule has 15 nitrogen and oxygen atoms in total. The van der Waals surface area contributed by atoms with Crippen LogP contribution in [0.5, 0.6) is 34.5 Å². The maximum absolute atomic E-state index is 13.7. The molecule has 3 fully saturated rings. The number of unbranched alkanes of at least 4 members (excludes halogenated alkanes) is 12. The molecule has 3 aromatic carbocycles. The number of hydrogen-bond donors (Lipinski definition) is 6. The van der Waals surface area contributed by atoms with Crippen LogP contribution in [0, 0.1) is 0 Å². The van der Waals surface area contributed by atoms with Crippen molar-refractivity contribution in [3.8, 4) is 34.5 Å². The first-order valence-electron chi connectivity index (χ1n) is 35.7. The van der Waals surface area contributed by atoms with E-state index in [9.17, 15) is 30.9 Å². The van der Waals surface area contributed by atoms with Crippen molar-refractivity contribution in [2.75, 3.05) is 20.2 Å². The van der Waals surface area contributed by atoms with Crippen molar-refractivity contribution in [2.45, 2.75) is 347 Å². The Kier molecular flexibility index (Phi) is 20.7. The van der Waals surface area contributed by atoms with E-state index in [2.05, 4.69) is 137 Å². The van der Waals surface area contributed by atoms with Gasteiger partial charge in [0, 0.05) is 122 Å². The van der Waals surface area contributed by atoms with Crippen molar-refractivity contribution >= 4 is 0 Å². The van der Waals surface area contributed by atoms with E-state index >= 15 is 0 Å². The lowest BCUT2D eigenvalue weighted by Gasteiger charge is -2.54. The summed E-state index contributed by atoms with van der Waals surface area (Å²) in [5, 5.41) is 80.5. The molecule has 0 radical (unpaired) electrons. The van der Waals surface area contributed by atoms with Gasteiger partial charge in [-0.05, 0) is 159 Å². The van der Waals surface area contributed by atoms with Crippen molar-refractivity contribution in [3.05, 3.63) is 68.3 Å². The zero-order chi connectivity index (χ0) is 65.0. The number of ether oxygens (including phenoxy) is 3. The summed E-state index contributed by atoms with van der Waals surface area (Å²) in [5.41, 5.74) is 4.70. The Balaban J connectivity index is 1.24. The first-order valence-corrected chi connectivity index (χ1v) is 35.7. The monoisotopic (exact) mass is 1250 g/mol. The third kappa shape index (κ3) is 13.7. The van der Waals surface area contributed by atoms with Crippen LogP contribution < -0.4 is 14.2 Å². The van der Waals surface area contributed by atoms with Crippen molar-refractivity contribution in [2.24, 2.45) is 0 Å². The highest BCUT2D eigenvalue weighted by molar-refractivity contribution is 5.68. The molecule has 6 bridgehead atoms. The lowest BCUT2D eigenvalue weighted by molar-refractivity contribution is -0.254. The van der Waals surface area contributed by atoms with E-state index in [0.29, 0.717) is 95.6 Å². The Morgan fingerprint density at radius 2 is 0.567 bits per heavy atom. The zero-order valence-corrected chi connectivity index (χ0v) is 58.5. The van der Waals surface area contributed by atoms with Gasteiger partial charge >= 0.3 is 0 Å². The van der Waals surface area contributed by atoms with Gasteiger partial charge in [-0.1, -0.05) is 117 Å². The van der Waals surface area contributed by atoms with Crippen LogP contribution in [0.25, 0.3) is 0 Å². The normalized spacial score (nSPS) is 25.5. The number of hydrogen-bond acceptors (Lipinski definition) is 15. The SMILES string of the molecule is CCCCCCCC1c2cc(c3c(c2O)CN(C2CC(C)(C)N(O)C(C)(C)C2)CO3)C(CCCCCCC)c2cc(c3c(c2O)CN(C2CC(C)(C)N(O)C(C)(C)C2)CO3)C(CCCCCCC)c2cc1c1c(c2O)CN(C2CC(C)(C)N(O)C(C)(C)C2)CO1. The zero-order valence-electron chi connectivity index (χ0n) is 58.5. The summed E-state index contributed by atoms with van der Waals surface area (Å²) in [4.78, 5) is 7.14. The van der Waals surface area contributed by atoms with E-state index in [0.717, 1.165) is 166 Å². The van der Waals surface area contributed by atoms with E-state index in [4.69, 9.17) is 14.2 Å². The maximum atomic E-state index is 13.7. The minimum absolute atomic E-state index is 0.0473. The Bertz CT molecular complexity index is 2630. The Hall–Kier alpha value is -3.90. The van der Waals surface area contributed by atoms with Crippen LogP contribution in [0.4, 0.5) is 0 Å². The molecule has 6 aliphatic heterocycles. The first-order chi connectivity index (χ1) is 42.5. The van der Waals surface area contributed by atoms with Gasteiger partial charge in [0.15, 0.2) is 0 Å². The van der Waals surface area contributed by atoms with Gasteiger partial charge in [-0.3, -0.25) is 14.7 Å². The predicted octanol–water partition coefficient (Wildman–Crippen LogP) is 17.3. The topological polar surface area (TPSA) is 169 Å². The van der Waals surface area contributed by atoms with Gasteiger partial charge in [-0.2, -0.15) is 15.2 Å². The molecular formula is C75H120N6O9. The molecule has 0 spiro atoms. The van der Waals surface area contributed by atoms with E-state index in [1.54, 1.807) is 0 Å². The quantitative estimate of drug-likeness (QED) is 0.0557. The predicted molar refractivity (Wildman–Crippen MR) is 358 cm³/mol. The molecule has 504 valence electrons. The Morgan fingerprint density at radius 1 is 0.344 bits per heavy atom. The molecule has 0 saturated carbocycles. The van der Waals surface area contributed by atoms with Gasteiger partial charge in [0.1, 0.15) is 54.7 Å². The number of aromatic hydroxyl groups is 3. The molecule has 3 saturated heterocycles. The highest BCUT2D eigenvalue weighted by atomic mass is 16.5. The number of phenolic OH excluding ortho intramolecular Hbond substituents is 3. The van der Waals surface area contributed by atoms with Gasteiger partial charge in [-0.15, -0.1) is 0 Å². The van der Waals surface area contributed by atoms with Gasteiger partial charge in [0.05, 0.1) is 16.7 Å². The standard InChI is InChI=1S/C75H120N6O9/c1-16-19-22-25-28-31-52-55-34-59(68-61(64(55)82)43-76(47-89-68)49-37-70(4,5)79(85)71(6,7)38-49)54(33-30-27-24-21-18-3)57-36-60(69-63(66(57)84)45-78(48-90-69)51-41-74(12,13)81(87)75(14,15)42-51)53(32-29-26-23-20-17-2)56-35-58(52)67-62(65(56)83)44-77(46-88-67)50-39-72(8,9)80(86)73(10,11)40-50/h34-36,49-54,82-87H,16-33,37-48H2,1-15H3. The summed E-state index contributed by atoms with van der Waals surface area (Å²) in [6.45, 7) is 34.4. The van der Waals surface area contributed by atoms with Gasteiger partial charge in [-0.25, -0.2) is 0 Å². The van der Waals surface area contributed by atoms with Crippen LogP contribution in [0.15, 0.2) is 18.2 Å². The molecule has 0 aromatic heterocycles. The number of nitrogens with zero attached hydrogens (tertiary/aromatic N) is 6. The molecule has 3 atom stereocenters. The van der Waals surface area contributed by atoms with Crippen LogP contribution >= 0.6 is 0 Å². The summed E-state index contributed by atoms with van der Waals surface area (Å²) in [5.74, 6) is 1.81. The van der Waals surface area contributed by atoms with Crippen molar-refractivity contribution < 1.29 is 45.2 Å². The molecular weight excluding hydrogens is 1130 g/mol. The van der Waals surface area contributed by atoms with Crippen LogP contribution in [0.1, 0.15) is 326 Å². The lowest BCUT2D eigenvalue weighted by atomic mass is 9.73. The molecule has 6 N–H and O–H groups in total. The van der Waals surface area contributed by atoms with Gasteiger partial charge in [0.25, 0.3) is 0 Å². The first kappa shape index (κ1) is 68.9. The van der Waals surface area contributed by atoms with Crippen LogP contribution in [-0.2, 0) is 19.6 Å². The maximum Gasteiger partial charge on any atom is 0.142 e. The highest BCUT2D eigenvalue weighted by Gasteiger charge is 2.52. The summed E-state index contributed by atoms with van der Waals surface area (Å²) >= 11 is 0. The summed E-state index contributed by atoms with van der Waals surface area (Å²) in [6, 6.07) is 6.96. The fraction of sp³-hybridized carbons (Fsp3) is 0.760. The highest BCUT2D eigenvalue weighted by Crippen LogP contribution is 2.58. The Labute approximate surface area is 542 Å². The third-order valence-electron chi connectivity index (χ3n) is 22.9. The molecule has 0 amide bonds. The van der Waals surface area contributed by atoms with E-state index in [1.807, 2.05) is 0 Å². The Morgan fingerprint density at radius 3 is 0.789 bits per heavy atom. The molecule has 7 aliphatic rings. The smallest absolute Gasteiger partial charge is 0.142 e. The van der Waals surface area contributed by atoms with Crippen LogP contribution in [0.3, 0.4) is 0 Å². The number of piperidine rings is 3. The second-order valence-corrected chi connectivity index (χ2v) is 33.0. The molecule has 90 heavy (non-hydrogen) atoms. The molecule has 10 rings (SSSR count). The van der Waals surface area contributed by atoms with E-state index < -0.39 is 33.2 Å². The van der Waals surface area contributed by atoms with E-state index in [1.165, 1.54) is 15.2 Å². The molecule has 15 heteroatoms. The van der Waals surface area contributed by atoms with E-state index in [-0.39, 0.29) is 53.1 Å².